The topological polar surface area (TPSA) is 81.4 Å². The van der Waals surface area contributed by atoms with Crippen LogP contribution in [-0.2, 0) is 17.9 Å². The van der Waals surface area contributed by atoms with Gasteiger partial charge in [0.15, 0.2) is 0 Å². The lowest BCUT2D eigenvalue weighted by atomic mass is 10.2. The van der Waals surface area contributed by atoms with Gasteiger partial charge in [0.05, 0.1) is 6.21 Å². The Bertz CT molecular complexity index is 814. The SMILES string of the molecule is O=C(Cn1cncn1)N/N=C/c1ccc(OCc2ccccc2)cc1. The quantitative estimate of drug-likeness (QED) is 0.529. The number of carbonyl (C=O) groups excluding carboxylic acids is 1. The highest BCUT2D eigenvalue weighted by Gasteiger charge is 2.01. The molecule has 1 heterocycles. The van der Waals surface area contributed by atoms with Crippen molar-refractivity contribution in [2.24, 2.45) is 5.10 Å². The van der Waals surface area contributed by atoms with Gasteiger partial charge in [0.1, 0.15) is 31.6 Å². The van der Waals surface area contributed by atoms with Gasteiger partial charge in [0.2, 0.25) is 0 Å². The second-order valence-electron chi connectivity index (χ2n) is 5.23. The van der Waals surface area contributed by atoms with E-state index in [-0.39, 0.29) is 12.5 Å². The molecule has 0 spiro atoms. The van der Waals surface area contributed by atoms with E-state index in [1.807, 2.05) is 54.6 Å². The van der Waals surface area contributed by atoms with Gasteiger partial charge in [0, 0.05) is 0 Å². The normalized spacial score (nSPS) is 10.7. The summed E-state index contributed by atoms with van der Waals surface area (Å²) in [6, 6.07) is 17.4. The fourth-order valence-electron chi connectivity index (χ4n) is 2.07. The van der Waals surface area contributed by atoms with E-state index in [0.717, 1.165) is 16.9 Å². The molecule has 0 aliphatic heterocycles. The molecule has 1 N–H and O–H groups in total. The number of aromatic nitrogens is 3. The fraction of sp³-hybridized carbons (Fsp3) is 0.111. The van der Waals surface area contributed by atoms with E-state index in [4.69, 9.17) is 4.74 Å². The Balaban J connectivity index is 1.46. The van der Waals surface area contributed by atoms with E-state index >= 15 is 0 Å². The fourth-order valence-corrected chi connectivity index (χ4v) is 2.07. The van der Waals surface area contributed by atoms with Gasteiger partial charge in [-0.3, -0.25) is 4.79 Å². The lowest BCUT2D eigenvalue weighted by Crippen LogP contribution is -2.23. The molecular formula is C18H17N5O2. The molecule has 0 atom stereocenters. The van der Waals surface area contributed by atoms with Crippen molar-refractivity contribution in [2.75, 3.05) is 0 Å². The summed E-state index contributed by atoms with van der Waals surface area (Å²) in [4.78, 5) is 15.4. The van der Waals surface area contributed by atoms with Gasteiger partial charge in [-0.1, -0.05) is 30.3 Å². The second kappa shape index (κ2) is 8.39. The molecule has 3 aromatic rings. The third kappa shape index (κ3) is 5.28. The molecule has 0 fully saturated rings. The van der Waals surface area contributed by atoms with Crippen LogP contribution in [0, 0.1) is 0 Å². The summed E-state index contributed by atoms with van der Waals surface area (Å²) in [6.07, 6.45) is 4.41. The predicted molar refractivity (Wildman–Crippen MR) is 93.0 cm³/mol. The minimum Gasteiger partial charge on any atom is -0.489 e. The molecule has 3 rings (SSSR count). The molecule has 25 heavy (non-hydrogen) atoms. The number of rotatable bonds is 7. The van der Waals surface area contributed by atoms with Crippen LogP contribution in [-0.4, -0.2) is 26.9 Å². The Morgan fingerprint density at radius 2 is 1.96 bits per heavy atom. The maximum atomic E-state index is 11.6. The monoisotopic (exact) mass is 335 g/mol. The highest BCUT2D eigenvalue weighted by atomic mass is 16.5. The molecule has 0 radical (unpaired) electrons. The highest BCUT2D eigenvalue weighted by molar-refractivity contribution is 5.82. The maximum absolute atomic E-state index is 11.6. The molecule has 7 heteroatoms. The van der Waals surface area contributed by atoms with Gasteiger partial charge < -0.3 is 4.74 Å². The average Bonchev–Trinajstić information content (AvgIpc) is 3.15. The van der Waals surface area contributed by atoms with E-state index in [1.165, 1.54) is 17.3 Å². The summed E-state index contributed by atoms with van der Waals surface area (Å²) in [5.41, 5.74) is 4.41. The summed E-state index contributed by atoms with van der Waals surface area (Å²) in [7, 11) is 0. The van der Waals surface area contributed by atoms with E-state index in [0.29, 0.717) is 6.61 Å². The molecule has 0 aliphatic carbocycles. The summed E-state index contributed by atoms with van der Waals surface area (Å²) < 4.78 is 7.14. The molecule has 0 unspecified atom stereocenters. The van der Waals surface area contributed by atoms with Crippen LogP contribution >= 0.6 is 0 Å². The molecule has 0 aliphatic rings. The number of ether oxygens (including phenoxy) is 1. The minimum atomic E-state index is -0.274. The van der Waals surface area contributed by atoms with Crippen molar-refractivity contribution >= 4 is 12.1 Å². The summed E-state index contributed by atoms with van der Waals surface area (Å²) in [5.74, 6) is 0.501. The molecule has 2 aromatic carbocycles. The van der Waals surface area contributed by atoms with Gasteiger partial charge in [0.25, 0.3) is 5.91 Å². The number of amides is 1. The van der Waals surface area contributed by atoms with Crippen molar-refractivity contribution in [3.05, 3.63) is 78.4 Å². The van der Waals surface area contributed by atoms with Crippen molar-refractivity contribution in [2.45, 2.75) is 13.2 Å². The molecule has 1 aromatic heterocycles. The van der Waals surface area contributed by atoms with E-state index < -0.39 is 0 Å². The average molecular weight is 335 g/mol. The zero-order valence-corrected chi connectivity index (χ0v) is 13.4. The van der Waals surface area contributed by atoms with Crippen LogP contribution in [0.5, 0.6) is 5.75 Å². The Kier molecular flexibility index (Phi) is 5.50. The number of hydrazone groups is 1. The first kappa shape index (κ1) is 16.4. The minimum absolute atomic E-state index is 0.0730. The molecule has 0 saturated carbocycles. The van der Waals surface area contributed by atoms with Gasteiger partial charge >= 0.3 is 0 Å². The van der Waals surface area contributed by atoms with Gasteiger partial charge in [-0.05, 0) is 35.4 Å². The maximum Gasteiger partial charge on any atom is 0.261 e. The third-order valence-electron chi connectivity index (χ3n) is 3.30. The highest BCUT2D eigenvalue weighted by Crippen LogP contribution is 2.13. The van der Waals surface area contributed by atoms with Gasteiger partial charge in [-0.25, -0.2) is 15.1 Å². The first-order valence-corrected chi connectivity index (χ1v) is 7.71. The first-order chi connectivity index (χ1) is 12.3. The number of nitrogens with one attached hydrogen (secondary N) is 1. The van der Waals surface area contributed by atoms with Gasteiger partial charge in [-0.15, -0.1) is 0 Å². The van der Waals surface area contributed by atoms with E-state index in [1.54, 1.807) is 6.21 Å². The summed E-state index contributed by atoms with van der Waals surface area (Å²) in [6.45, 7) is 0.593. The van der Waals surface area contributed by atoms with E-state index in [2.05, 4.69) is 20.6 Å². The van der Waals surface area contributed by atoms with Crippen molar-refractivity contribution in [1.29, 1.82) is 0 Å². The Morgan fingerprint density at radius 3 is 2.68 bits per heavy atom. The molecule has 126 valence electrons. The number of benzene rings is 2. The standard InChI is InChI=1S/C18H17N5O2/c24-18(11-23-14-19-13-21-23)22-20-10-15-6-8-17(9-7-15)25-12-16-4-2-1-3-5-16/h1-10,13-14H,11-12H2,(H,22,24)/b20-10+. The first-order valence-electron chi connectivity index (χ1n) is 7.71. The van der Waals surface area contributed by atoms with Crippen molar-refractivity contribution in [3.63, 3.8) is 0 Å². The van der Waals surface area contributed by atoms with Crippen LogP contribution < -0.4 is 10.2 Å². The lowest BCUT2D eigenvalue weighted by molar-refractivity contribution is -0.121. The van der Waals surface area contributed by atoms with E-state index in [9.17, 15) is 4.79 Å². The number of hydrogen-bond acceptors (Lipinski definition) is 5. The molecular weight excluding hydrogens is 318 g/mol. The second-order valence-corrected chi connectivity index (χ2v) is 5.23. The Morgan fingerprint density at radius 1 is 1.16 bits per heavy atom. The molecule has 7 nitrogen and oxygen atoms in total. The molecule has 0 bridgehead atoms. The Labute approximate surface area is 145 Å². The van der Waals surface area contributed by atoms with Crippen LogP contribution in [0.3, 0.4) is 0 Å². The predicted octanol–water partition coefficient (Wildman–Crippen LogP) is 2.01. The largest absolute Gasteiger partial charge is 0.489 e. The van der Waals surface area contributed by atoms with Crippen LogP contribution in [0.15, 0.2) is 72.4 Å². The van der Waals surface area contributed by atoms with Crippen LogP contribution in [0.2, 0.25) is 0 Å². The zero-order valence-electron chi connectivity index (χ0n) is 13.4. The smallest absolute Gasteiger partial charge is 0.261 e. The number of hydrogen-bond donors (Lipinski definition) is 1. The summed E-state index contributed by atoms with van der Waals surface area (Å²) in [5, 5.41) is 7.77. The Hall–Kier alpha value is -3.48. The van der Waals surface area contributed by atoms with Crippen LogP contribution in [0.4, 0.5) is 0 Å². The van der Waals surface area contributed by atoms with Gasteiger partial charge in [-0.2, -0.15) is 10.2 Å². The number of nitrogens with zero attached hydrogens (tertiary/aromatic N) is 4. The third-order valence-corrected chi connectivity index (χ3v) is 3.30. The lowest BCUT2D eigenvalue weighted by Gasteiger charge is -2.06. The van der Waals surface area contributed by atoms with Crippen LogP contribution in [0.1, 0.15) is 11.1 Å². The summed E-state index contributed by atoms with van der Waals surface area (Å²) >= 11 is 0. The van der Waals surface area contributed by atoms with Crippen molar-refractivity contribution in [1.82, 2.24) is 20.2 Å². The zero-order chi connectivity index (χ0) is 17.3. The molecule has 0 saturated heterocycles. The molecule has 1 amide bonds. The van der Waals surface area contributed by atoms with Crippen LogP contribution in [0.25, 0.3) is 0 Å². The van der Waals surface area contributed by atoms with Crippen molar-refractivity contribution < 1.29 is 9.53 Å². The number of carbonyl (C=O) groups is 1. The van der Waals surface area contributed by atoms with Crippen molar-refractivity contribution in [3.8, 4) is 5.75 Å².